The normalized spacial score (nSPS) is 30.4. The number of fused-ring (bicyclic) bond motifs is 1. The first-order valence-corrected chi connectivity index (χ1v) is 8.58. The molecule has 0 N–H and O–H groups in total. The lowest BCUT2D eigenvalue weighted by atomic mass is 9.89. The minimum Gasteiger partial charge on any atom is -0.374 e. The molecular formula is C16H20N2OS. The molecule has 0 bridgehead atoms. The summed E-state index contributed by atoms with van der Waals surface area (Å²) in [5, 5.41) is 0. The highest BCUT2D eigenvalue weighted by Crippen LogP contribution is 2.43. The Morgan fingerprint density at radius 3 is 3.15 bits per heavy atom. The second kappa shape index (κ2) is 4.78. The predicted octanol–water partition coefficient (Wildman–Crippen LogP) is 3.57. The van der Waals surface area contributed by atoms with Crippen LogP contribution in [0, 0.1) is 6.92 Å². The standard InChI is InChI=1S/C16H20N2OS/c1-12-17-14-4-2-3-5-15(14)18(12)13-6-8-19-16(10-13)7-9-20-11-16/h2-5,13H,6-11H2,1H3. The van der Waals surface area contributed by atoms with Crippen LogP contribution < -0.4 is 0 Å². The maximum Gasteiger partial charge on any atom is 0.106 e. The van der Waals surface area contributed by atoms with Gasteiger partial charge in [0, 0.05) is 18.4 Å². The Morgan fingerprint density at radius 2 is 2.30 bits per heavy atom. The van der Waals surface area contributed by atoms with Gasteiger partial charge in [-0.2, -0.15) is 11.8 Å². The topological polar surface area (TPSA) is 27.1 Å². The van der Waals surface area contributed by atoms with Crippen molar-refractivity contribution in [1.82, 2.24) is 9.55 Å². The zero-order valence-corrected chi connectivity index (χ0v) is 12.7. The lowest BCUT2D eigenvalue weighted by Gasteiger charge is -2.38. The highest BCUT2D eigenvalue weighted by Gasteiger charge is 2.41. The summed E-state index contributed by atoms with van der Waals surface area (Å²) in [7, 11) is 0. The molecular weight excluding hydrogens is 268 g/mol. The van der Waals surface area contributed by atoms with Crippen molar-refractivity contribution in [1.29, 1.82) is 0 Å². The SMILES string of the molecule is Cc1nc2ccccc2n1C1CCOC2(CCSC2)C1. The molecule has 1 aromatic heterocycles. The largest absolute Gasteiger partial charge is 0.374 e. The van der Waals surface area contributed by atoms with Crippen molar-refractivity contribution in [2.45, 2.75) is 37.8 Å². The number of hydrogen-bond acceptors (Lipinski definition) is 3. The van der Waals surface area contributed by atoms with Gasteiger partial charge < -0.3 is 9.30 Å². The minimum absolute atomic E-state index is 0.130. The van der Waals surface area contributed by atoms with Crippen LogP contribution in [0.1, 0.15) is 31.1 Å². The van der Waals surface area contributed by atoms with Gasteiger partial charge in [0.2, 0.25) is 0 Å². The number of benzene rings is 1. The summed E-state index contributed by atoms with van der Waals surface area (Å²) in [6.45, 7) is 3.02. The maximum absolute atomic E-state index is 6.15. The van der Waals surface area contributed by atoms with E-state index in [0.29, 0.717) is 6.04 Å². The number of aryl methyl sites for hydroxylation is 1. The molecule has 20 heavy (non-hydrogen) atoms. The van der Waals surface area contributed by atoms with Gasteiger partial charge in [0.15, 0.2) is 0 Å². The van der Waals surface area contributed by atoms with Gasteiger partial charge in [0.25, 0.3) is 0 Å². The Morgan fingerprint density at radius 1 is 1.40 bits per heavy atom. The van der Waals surface area contributed by atoms with Crippen LogP contribution in [0.3, 0.4) is 0 Å². The number of para-hydroxylation sites is 2. The molecule has 2 unspecified atom stereocenters. The molecule has 0 aliphatic carbocycles. The van der Waals surface area contributed by atoms with Crippen molar-refractivity contribution < 1.29 is 4.74 Å². The second-order valence-electron chi connectivity index (χ2n) is 6.00. The third-order valence-corrected chi connectivity index (χ3v) is 5.89. The van der Waals surface area contributed by atoms with E-state index in [4.69, 9.17) is 9.72 Å². The van der Waals surface area contributed by atoms with E-state index in [-0.39, 0.29) is 5.60 Å². The maximum atomic E-state index is 6.15. The molecule has 2 aliphatic heterocycles. The number of aromatic nitrogens is 2. The zero-order chi connectivity index (χ0) is 13.6. The molecule has 106 valence electrons. The van der Waals surface area contributed by atoms with Gasteiger partial charge in [0.1, 0.15) is 5.82 Å². The number of nitrogens with zero attached hydrogens (tertiary/aromatic N) is 2. The first-order chi connectivity index (χ1) is 9.77. The lowest BCUT2D eigenvalue weighted by Crippen LogP contribution is -2.40. The van der Waals surface area contributed by atoms with E-state index in [1.54, 1.807) is 0 Å². The summed E-state index contributed by atoms with van der Waals surface area (Å²) in [5.74, 6) is 3.55. The fourth-order valence-corrected chi connectivity index (χ4v) is 5.09. The Bertz CT molecular complexity index is 630. The molecule has 1 aromatic carbocycles. The Labute approximate surface area is 123 Å². The lowest BCUT2D eigenvalue weighted by molar-refractivity contribution is -0.0758. The molecule has 2 saturated heterocycles. The van der Waals surface area contributed by atoms with Gasteiger partial charge in [-0.3, -0.25) is 0 Å². The molecule has 3 heterocycles. The van der Waals surface area contributed by atoms with Crippen molar-refractivity contribution >= 4 is 22.8 Å². The predicted molar refractivity (Wildman–Crippen MR) is 83.4 cm³/mol. The summed E-state index contributed by atoms with van der Waals surface area (Å²) in [6, 6.07) is 9.02. The monoisotopic (exact) mass is 288 g/mol. The molecule has 4 heteroatoms. The summed E-state index contributed by atoms with van der Waals surface area (Å²) in [4.78, 5) is 4.72. The fourth-order valence-electron chi connectivity index (χ4n) is 3.71. The van der Waals surface area contributed by atoms with Crippen molar-refractivity contribution in [3.8, 4) is 0 Å². The van der Waals surface area contributed by atoms with Crippen molar-refractivity contribution in [2.24, 2.45) is 0 Å². The summed E-state index contributed by atoms with van der Waals surface area (Å²) in [6.07, 6.45) is 3.45. The van der Waals surface area contributed by atoms with Crippen molar-refractivity contribution in [2.75, 3.05) is 18.1 Å². The van der Waals surface area contributed by atoms with Crippen molar-refractivity contribution in [3.63, 3.8) is 0 Å². The highest BCUT2D eigenvalue weighted by atomic mass is 32.2. The van der Waals surface area contributed by atoms with E-state index >= 15 is 0 Å². The van der Waals surface area contributed by atoms with Gasteiger partial charge in [-0.05, 0) is 44.1 Å². The average molecular weight is 288 g/mol. The quantitative estimate of drug-likeness (QED) is 0.802. The second-order valence-corrected chi connectivity index (χ2v) is 7.10. The molecule has 2 fully saturated rings. The average Bonchev–Trinajstić information content (AvgIpc) is 3.02. The van der Waals surface area contributed by atoms with E-state index < -0.39 is 0 Å². The van der Waals surface area contributed by atoms with Crippen LogP contribution in [0.25, 0.3) is 11.0 Å². The van der Waals surface area contributed by atoms with Crippen LogP contribution in [-0.4, -0.2) is 33.3 Å². The van der Waals surface area contributed by atoms with Gasteiger partial charge >= 0.3 is 0 Å². The molecule has 3 nitrogen and oxygen atoms in total. The van der Waals surface area contributed by atoms with E-state index in [0.717, 1.165) is 36.5 Å². The van der Waals surface area contributed by atoms with E-state index in [9.17, 15) is 0 Å². The molecule has 2 atom stereocenters. The molecule has 0 radical (unpaired) electrons. The summed E-state index contributed by atoms with van der Waals surface area (Å²) < 4.78 is 8.60. The van der Waals surface area contributed by atoms with Gasteiger partial charge in [-0.15, -0.1) is 0 Å². The van der Waals surface area contributed by atoms with Crippen LogP contribution in [-0.2, 0) is 4.74 Å². The zero-order valence-electron chi connectivity index (χ0n) is 11.8. The number of rotatable bonds is 1. The van der Waals surface area contributed by atoms with Crippen LogP contribution in [0.4, 0.5) is 0 Å². The summed E-state index contributed by atoms with van der Waals surface area (Å²) in [5.41, 5.74) is 2.52. The number of hydrogen-bond donors (Lipinski definition) is 0. The highest BCUT2D eigenvalue weighted by molar-refractivity contribution is 7.99. The Kier molecular flexibility index (Phi) is 3.04. The summed E-state index contributed by atoms with van der Waals surface area (Å²) >= 11 is 2.04. The molecule has 0 amide bonds. The molecule has 0 saturated carbocycles. The number of imidazole rings is 1. The first-order valence-electron chi connectivity index (χ1n) is 7.43. The van der Waals surface area contributed by atoms with Crippen LogP contribution >= 0.6 is 11.8 Å². The van der Waals surface area contributed by atoms with Crippen LogP contribution in [0.5, 0.6) is 0 Å². The van der Waals surface area contributed by atoms with Gasteiger partial charge in [-0.25, -0.2) is 4.98 Å². The van der Waals surface area contributed by atoms with Crippen LogP contribution in [0.15, 0.2) is 24.3 Å². The fraction of sp³-hybridized carbons (Fsp3) is 0.562. The van der Waals surface area contributed by atoms with Crippen LogP contribution in [0.2, 0.25) is 0 Å². The van der Waals surface area contributed by atoms with Gasteiger partial charge in [-0.1, -0.05) is 12.1 Å². The molecule has 2 aromatic rings. The van der Waals surface area contributed by atoms with Crippen molar-refractivity contribution in [3.05, 3.63) is 30.1 Å². The first kappa shape index (κ1) is 12.7. The van der Waals surface area contributed by atoms with Gasteiger partial charge in [0.05, 0.1) is 16.6 Å². The third kappa shape index (κ3) is 1.97. The van der Waals surface area contributed by atoms with E-state index in [1.807, 2.05) is 11.8 Å². The van der Waals surface area contributed by atoms with E-state index in [2.05, 4.69) is 35.8 Å². The van der Waals surface area contributed by atoms with E-state index in [1.165, 1.54) is 17.7 Å². The number of thioether (sulfide) groups is 1. The molecule has 2 aliphatic rings. The smallest absolute Gasteiger partial charge is 0.106 e. The minimum atomic E-state index is 0.130. The Balaban J connectivity index is 1.73. The molecule has 4 rings (SSSR count). The number of ether oxygens (including phenoxy) is 1. The molecule has 1 spiro atoms. The Hall–Kier alpha value is -1.00. The third-order valence-electron chi connectivity index (χ3n) is 4.67.